The summed E-state index contributed by atoms with van der Waals surface area (Å²) >= 11 is 13.2. The molecule has 0 radical (unpaired) electrons. The van der Waals surface area contributed by atoms with E-state index in [0.717, 1.165) is 11.1 Å². The van der Waals surface area contributed by atoms with Crippen molar-refractivity contribution in [3.05, 3.63) is 71.1 Å². The van der Waals surface area contributed by atoms with Crippen molar-refractivity contribution in [2.24, 2.45) is 5.16 Å². The first kappa shape index (κ1) is 36.0. The third-order valence-electron chi connectivity index (χ3n) is 8.08. The minimum absolute atomic E-state index is 0.269. The molecule has 4 aromatic rings. The van der Waals surface area contributed by atoms with E-state index < -0.39 is 12.5 Å². The van der Waals surface area contributed by atoms with E-state index in [1.807, 2.05) is 64.1 Å². The highest BCUT2D eigenvalue weighted by Crippen LogP contribution is 2.40. The summed E-state index contributed by atoms with van der Waals surface area (Å²) in [6.07, 6.45) is 2.62. The fourth-order valence-corrected chi connectivity index (χ4v) is 5.97. The summed E-state index contributed by atoms with van der Waals surface area (Å²) in [6.45, 7) is 10.9. The number of hydrogen-bond donors (Lipinski definition) is 1. The number of benzene rings is 2. The Kier molecular flexibility index (Phi) is 13.3. The zero-order valence-electron chi connectivity index (χ0n) is 27.7. The average Bonchev–Trinajstić information content (AvgIpc) is 3.74. The molecule has 2 aromatic heterocycles. The smallest absolute Gasteiger partial charge is 0.294 e. The molecule has 12 heteroatoms. The number of rotatable bonds is 18. The molecule has 10 nitrogen and oxygen atoms in total. The van der Waals surface area contributed by atoms with E-state index in [4.69, 9.17) is 51.0 Å². The molecule has 47 heavy (non-hydrogen) atoms. The van der Waals surface area contributed by atoms with Gasteiger partial charge in [-0.25, -0.2) is 0 Å². The highest BCUT2D eigenvalue weighted by molar-refractivity contribution is 6.34. The Balaban J connectivity index is 1.59. The number of halogens is 2. The van der Waals surface area contributed by atoms with Gasteiger partial charge in [-0.15, -0.1) is 0 Å². The van der Waals surface area contributed by atoms with Crippen molar-refractivity contribution < 1.29 is 33.0 Å². The van der Waals surface area contributed by atoms with Crippen LogP contribution in [0.3, 0.4) is 0 Å². The third-order valence-corrected chi connectivity index (χ3v) is 8.70. The van der Waals surface area contributed by atoms with Crippen molar-refractivity contribution >= 4 is 28.9 Å². The summed E-state index contributed by atoms with van der Waals surface area (Å²) in [5.74, 6) is 1.90. The molecular weight excluding hydrogens is 645 g/mol. The summed E-state index contributed by atoms with van der Waals surface area (Å²) < 4.78 is 35.3. The Bertz CT molecular complexity index is 1480. The highest BCUT2D eigenvalue weighted by atomic mass is 35.5. The van der Waals surface area contributed by atoms with Crippen LogP contribution in [0.4, 0.5) is 0 Å². The second-order valence-corrected chi connectivity index (χ2v) is 11.4. The Hall–Kier alpha value is -3.83. The summed E-state index contributed by atoms with van der Waals surface area (Å²) in [6, 6.07) is 14.5. The Labute approximate surface area is 286 Å². The fourth-order valence-electron chi connectivity index (χ4n) is 5.42. The van der Waals surface area contributed by atoms with Crippen molar-refractivity contribution in [3.8, 4) is 45.6 Å². The van der Waals surface area contributed by atoms with Crippen LogP contribution in [0.25, 0.3) is 22.3 Å². The van der Waals surface area contributed by atoms with E-state index in [0.29, 0.717) is 76.5 Å². The second-order valence-electron chi connectivity index (χ2n) is 10.6. The molecule has 0 saturated carbocycles. The largest absolute Gasteiger partial charge is 0.497 e. The summed E-state index contributed by atoms with van der Waals surface area (Å²) in [5, 5.41) is 15.0. The number of oxime groups is 1. The second kappa shape index (κ2) is 17.4. The number of hydrogen-bond acceptors (Lipinski definition) is 10. The molecule has 0 aliphatic rings. The molecule has 2 unspecified atom stereocenters. The lowest BCUT2D eigenvalue weighted by atomic mass is 10.1. The van der Waals surface area contributed by atoms with Gasteiger partial charge in [0.1, 0.15) is 11.5 Å². The monoisotopic (exact) mass is 687 g/mol. The van der Waals surface area contributed by atoms with E-state index in [9.17, 15) is 5.21 Å². The quantitative estimate of drug-likeness (QED) is 0.0475. The van der Waals surface area contributed by atoms with Gasteiger partial charge >= 0.3 is 0 Å². The lowest BCUT2D eigenvalue weighted by Crippen LogP contribution is -2.44. The molecule has 0 bridgehead atoms. The number of ether oxygens (including phenoxy) is 4. The molecule has 2 aromatic carbocycles. The zero-order chi connectivity index (χ0) is 33.9. The van der Waals surface area contributed by atoms with Crippen molar-refractivity contribution in [1.82, 2.24) is 9.80 Å². The lowest BCUT2D eigenvalue weighted by Gasteiger charge is -2.32. The van der Waals surface area contributed by atoms with Crippen LogP contribution in [0, 0.1) is 0 Å². The molecule has 0 aliphatic heterocycles. The van der Waals surface area contributed by atoms with Crippen LogP contribution in [0.2, 0.25) is 10.0 Å². The Morgan fingerprint density at radius 3 is 1.40 bits per heavy atom. The predicted octanol–water partition coefficient (Wildman–Crippen LogP) is 8.93. The van der Waals surface area contributed by atoms with Gasteiger partial charge < -0.3 is 33.0 Å². The molecule has 2 heterocycles. The predicted molar refractivity (Wildman–Crippen MR) is 185 cm³/mol. The number of nitrogens with zero attached hydrogens (tertiary/aromatic N) is 3. The minimum Gasteiger partial charge on any atom is -0.497 e. The van der Waals surface area contributed by atoms with E-state index in [1.165, 1.54) is 0 Å². The van der Waals surface area contributed by atoms with Gasteiger partial charge in [0.25, 0.3) is 11.9 Å². The Morgan fingerprint density at radius 2 is 1.09 bits per heavy atom. The van der Waals surface area contributed by atoms with Crippen LogP contribution >= 0.6 is 23.2 Å². The van der Waals surface area contributed by atoms with Gasteiger partial charge in [0, 0.05) is 24.0 Å². The van der Waals surface area contributed by atoms with Gasteiger partial charge in [0.05, 0.1) is 53.6 Å². The van der Waals surface area contributed by atoms with Crippen molar-refractivity contribution in [2.45, 2.75) is 53.0 Å². The van der Waals surface area contributed by atoms with Crippen molar-refractivity contribution in [2.75, 3.05) is 40.4 Å². The topological polar surface area (TPSA) is 102 Å². The Morgan fingerprint density at radius 1 is 0.681 bits per heavy atom. The van der Waals surface area contributed by atoms with Gasteiger partial charge in [0.2, 0.25) is 0 Å². The van der Waals surface area contributed by atoms with Crippen LogP contribution in [-0.2, 0) is 0 Å². The average molecular weight is 689 g/mol. The van der Waals surface area contributed by atoms with Crippen LogP contribution in [0.5, 0.6) is 23.4 Å². The minimum atomic E-state index is -0.521. The van der Waals surface area contributed by atoms with Gasteiger partial charge in [-0.2, -0.15) is 0 Å². The molecule has 4 rings (SSSR count). The first-order valence-electron chi connectivity index (χ1n) is 15.6. The molecule has 2 atom stereocenters. The maximum atomic E-state index is 10.3. The van der Waals surface area contributed by atoms with Crippen molar-refractivity contribution in [3.63, 3.8) is 0 Å². The van der Waals surface area contributed by atoms with Gasteiger partial charge in [-0.3, -0.25) is 9.80 Å². The van der Waals surface area contributed by atoms with Crippen LogP contribution < -0.4 is 18.9 Å². The molecule has 1 N–H and O–H groups in total. The van der Waals surface area contributed by atoms with E-state index in [-0.39, 0.29) is 12.8 Å². The summed E-state index contributed by atoms with van der Waals surface area (Å²) in [4.78, 5) is 4.24. The van der Waals surface area contributed by atoms with Gasteiger partial charge in [0.15, 0.2) is 12.5 Å². The van der Waals surface area contributed by atoms with Crippen LogP contribution in [0.1, 0.15) is 40.5 Å². The van der Waals surface area contributed by atoms with E-state index in [1.54, 1.807) is 38.9 Å². The molecule has 0 spiro atoms. The normalized spacial score (nSPS) is 12.6. The third kappa shape index (κ3) is 8.75. The first-order chi connectivity index (χ1) is 22.8. The van der Waals surface area contributed by atoms with Gasteiger partial charge in [-0.05, 0) is 74.7 Å². The van der Waals surface area contributed by atoms with Crippen molar-refractivity contribution in [1.29, 1.82) is 0 Å². The SMILES string of the molecule is CCN(CC)C(CC(CC(Oc1occc1-c1ccc(OC)cc1Cl)N(CC)CC)=NO)Oc1occc1-c1ccc(OC)cc1Cl. The fraction of sp³-hybridized carbons (Fsp3) is 0.400. The maximum Gasteiger partial charge on any atom is 0.294 e. The summed E-state index contributed by atoms with van der Waals surface area (Å²) in [5.41, 5.74) is 3.36. The number of methoxy groups -OCH3 is 2. The highest BCUT2D eigenvalue weighted by Gasteiger charge is 2.29. The number of furan rings is 2. The lowest BCUT2D eigenvalue weighted by molar-refractivity contribution is 0.0112. The van der Waals surface area contributed by atoms with Crippen LogP contribution in [0.15, 0.2) is 75.0 Å². The standard InChI is InChI=1S/C35H43Cl2N3O7/c1-7-39(8-2)32(46-34-28(15-17-44-34)26-13-11-24(42-5)21-30(26)36)19-23(38-41)20-33(40(9-3)10-4)47-35-29(16-18-45-35)27-14-12-25(43-6)22-31(27)37/h11-18,21-22,32-33,41H,7-10,19-20H2,1-6H3. The van der Waals surface area contributed by atoms with Gasteiger partial charge in [-0.1, -0.05) is 56.1 Å². The molecule has 254 valence electrons. The summed E-state index contributed by atoms with van der Waals surface area (Å²) in [7, 11) is 3.18. The molecule has 0 saturated heterocycles. The molecule has 0 aliphatic carbocycles. The van der Waals surface area contributed by atoms with Crippen LogP contribution in [-0.4, -0.2) is 73.6 Å². The zero-order valence-corrected chi connectivity index (χ0v) is 29.2. The van der Waals surface area contributed by atoms with E-state index in [2.05, 4.69) is 15.0 Å². The molecule has 0 fully saturated rings. The molecule has 0 amide bonds. The maximum absolute atomic E-state index is 10.3. The molecular formula is C35H43Cl2N3O7. The first-order valence-corrected chi connectivity index (χ1v) is 16.4. The van der Waals surface area contributed by atoms with E-state index >= 15 is 0 Å².